The third kappa shape index (κ3) is 7.92. The van der Waals surface area contributed by atoms with Crippen LogP contribution in [0.25, 0.3) is 0 Å². The Bertz CT molecular complexity index is 552. The van der Waals surface area contributed by atoms with Gasteiger partial charge in [-0.15, -0.1) is 0 Å². The van der Waals surface area contributed by atoms with Gasteiger partial charge in [0.05, 0.1) is 13.0 Å². The lowest BCUT2D eigenvalue weighted by atomic mass is 9.97. The van der Waals surface area contributed by atoms with Gasteiger partial charge in [0.25, 0.3) is 0 Å². The van der Waals surface area contributed by atoms with E-state index in [1.807, 2.05) is 0 Å². The molecule has 0 aromatic heterocycles. The molecule has 4 atom stereocenters. The van der Waals surface area contributed by atoms with E-state index < -0.39 is 54.2 Å². The number of hydrogen-bond donors (Lipinski definition) is 6. The van der Waals surface area contributed by atoms with Crippen LogP contribution in [-0.4, -0.2) is 64.5 Å². The fourth-order valence-corrected chi connectivity index (χ4v) is 1.98. The Hall–Kier alpha value is -2.69. The second kappa shape index (κ2) is 11.0. The molecule has 26 heavy (non-hydrogen) atoms. The minimum absolute atomic E-state index is 0.303. The number of rotatable bonds is 11. The van der Waals surface area contributed by atoms with Crippen molar-refractivity contribution < 1.29 is 34.2 Å². The standard InChI is InChI=1S/C15H26N4O7/c1-4-7(2)12(19-13(23)8(3)17-10(20)6-16)14(24)18-9(15(25)26)5-11(21)22/h7-9,12H,4-6,16H2,1-3H3,(H,17,20)(H,18,24)(H,19,23)(H,21,22)(H,25,26). The number of carboxylic acids is 2. The number of nitrogens with one attached hydrogen (secondary N) is 3. The molecule has 0 saturated carbocycles. The maximum Gasteiger partial charge on any atom is 0.326 e. The Balaban J connectivity index is 5.15. The Morgan fingerprint density at radius 2 is 1.54 bits per heavy atom. The quantitative estimate of drug-likeness (QED) is 0.240. The van der Waals surface area contributed by atoms with E-state index in [0.717, 1.165) is 0 Å². The van der Waals surface area contributed by atoms with Crippen LogP contribution in [0.3, 0.4) is 0 Å². The molecule has 0 aromatic rings. The third-order valence-electron chi connectivity index (χ3n) is 3.74. The Morgan fingerprint density at radius 3 is 1.96 bits per heavy atom. The number of carboxylic acid groups (broad SMARTS) is 2. The molecule has 148 valence electrons. The summed E-state index contributed by atoms with van der Waals surface area (Å²) < 4.78 is 0. The van der Waals surface area contributed by atoms with Gasteiger partial charge in [-0.1, -0.05) is 20.3 Å². The highest BCUT2D eigenvalue weighted by molar-refractivity contribution is 5.94. The van der Waals surface area contributed by atoms with Crippen molar-refractivity contribution in [2.45, 2.75) is 51.7 Å². The summed E-state index contributed by atoms with van der Waals surface area (Å²) in [5.41, 5.74) is 5.15. The lowest BCUT2D eigenvalue weighted by molar-refractivity contribution is -0.147. The Kier molecular flexibility index (Phi) is 9.89. The van der Waals surface area contributed by atoms with Crippen molar-refractivity contribution in [3.05, 3.63) is 0 Å². The average Bonchev–Trinajstić information content (AvgIpc) is 2.57. The highest BCUT2D eigenvalue weighted by Gasteiger charge is 2.31. The number of carbonyl (C=O) groups excluding carboxylic acids is 3. The SMILES string of the molecule is CCC(C)C(NC(=O)C(C)NC(=O)CN)C(=O)NC(CC(=O)O)C(=O)O. The van der Waals surface area contributed by atoms with Gasteiger partial charge in [0.15, 0.2) is 0 Å². The van der Waals surface area contributed by atoms with Crippen LogP contribution in [0.2, 0.25) is 0 Å². The van der Waals surface area contributed by atoms with E-state index in [1.54, 1.807) is 13.8 Å². The van der Waals surface area contributed by atoms with Gasteiger partial charge in [-0.25, -0.2) is 4.79 Å². The molecule has 7 N–H and O–H groups in total. The Morgan fingerprint density at radius 1 is 0.962 bits per heavy atom. The zero-order valence-corrected chi connectivity index (χ0v) is 14.9. The van der Waals surface area contributed by atoms with Gasteiger partial charge in [-0.3, -0.25) is 19.2 Å². The number of hydrogen-bond acceptors (Lipinski definition) is 6. The average molecular weight is 374 g/mol. The summed E-state index contributed by atoms with van der Waals surface area (Å²) in [7, 11) is 0. The topological polar surface area (TPSA) is 188 Å². The molecular formula is C15H26N4O7. The maximum atomic E-state index is 12.4. The van der Waals surface area contributed by atoms with Crippen molar-refractivity contribution in [2.24, 2.45) is 11.7 Å². The second-order valence-electron chi connectivity index (χ2n) is 5.86. The molecule has 11 heteroatoms. The summed E-state index contributed by atoms with van der Waals surface area (Å²) in [6, 6.07) is -3.68. The molecule has 0 aliphatic heterocycles. The lowest BCUT2D eigenvalue weighted by Crippen LogP contribution is -2.57. The number of amides is 3. The summed E-state index contributed by atoms with van der Waals surface area (Å²) in [6.07, 6.45) is -0.316. The first-order valence-electron chi connectivity index (χ1n) is 8.08. The molecule has 3 amide bonds. The molecule has 0 fully saturated rings. The van der Waals surface area contributed by atoms with Gasteiger partial charge in [0, 0.05) is 0 Å². The maximum absolute atomic E-state index is 12.4. The number of nitrogens with two attached hydrogens (primary N) is 1. The van der Waals surface area contributed by atoms with Crippen molar-refractivity contribution in [3.63, 3.8) is 0 Å². The third-order valence-corrected chi connectivity index (χ3v) is 3.74. The molecule has 0 aliphatic carbocycles. The van der Waals surface area contributed by atoms with Crippen molar-refractivity contribution in [3.8, 4) is 0 Å². The minimum atomic E-state index is -1.63. The first kappa shape index (κ1) is 23.3. The molecule has 0 spiro atoms. The van der Waals surface area contributed by atoms with Crippen molar-refractivity contribution in [1.29, 1.82) is 0 Å². The first-order chi connectivity index (χ1) is 12.0. The zero-order chi connectivity index (χ0) is 20.4. The highest BCUT2D eigenvalue weighted by atomic mass is 16.4. The molecule has 4 unspecified atom stereocenters. The first-order valence-corrected chi connectivity index (χ1v) is 8.08. The zero-order valence-electron chi connectivity index (χ0n) is 14.9. The second-order valence-corrected chi connectivity index (χ2v) is 5.86. The summed E-state index contributed by atoms with van der Waals surface area (Å²) >= 11 is 0. The fraction of sp³-hybridized carbons (Fsp3) is 0.667. The van der Waals surface area contributed by atoms with E-state index in [2.05, 4.69) is 16.0 Å². The van der Waals surface area contributed by atoms with Crippen LogP contribution in [0, 0.1) is 5.92 Å². The van der Waals surface area contributed by atoms with E-state index in [1.165, 1.54) is 6.92 Å². The van der Waals surface area contributed by atoms with Gasteiger partial charge in [-0.2, -0.15) is 0 Å². The molecule has 0 bridgehead atoms. The van der Waals surface area contributed by atoms with Crippen LogP contribution in [0.5, 0.6) is 0 Å². The number of carbonyl (C=O) groups is 5. The summed E-state index contributed by atoms with van der Waals surface area (Å²) in [4.78, 5) is 57.6. The molecule has 0 heterocycles. The Labute approximate surface area is 150 Å². The summed E-state index contributed by atoms with van der Waals surface area (Å²) in [5, 5.41) is 24.7. The molecule has 0 rings (SSSR count). The van der Waals surface area contributed by atoms with Crippen molar-refractivity contribution >= 4 is 29.7 Å². The normalized spacial score (nSPS) is 15.1. The van der Waals surface area contributed by atoms with Crippen LogP contribution in [0.1, 0.15) is 33.6 Å². The van der Waals surface area contributed by atoms with Crippen LogP contribution >= 0.6 is 0 Å². The van der Waals surface area contributed by atoms with Crippen LogP contribution < -0.4 is 21.7 Å². The van der Waals surface area contributed by atoms with E-state index in [0.29, 0.717) is 6.42 Å². The van der Waals surface area contributed by atoms with Gasteiger partial charge in [0.2, 0.25) is 17.7 Å². The van der Waals surface area contributed by atoms with Gasteiger partial charge < -0.3 is 31.9 Å². The molecular weight excluding hydrogens is 348 g/mol. The van der Waals surface area contributed by atoms with Crippen LogP contribution in [0.15, 0.2) is 0 Å². The molecule has 0 aliphatic rings. The fourth-order valence-electron chi connectivity index (χ4n) is 1.98. The monoisotopic (exact) mass is 374 g/mol. The van der Waals surface area contributed by atoms with Gasteiger partial charge in [0.1, 0.15) is 18.1 Å². The highest BCUT2D eigenvalue weighted by Crippen LogP contribution is 2.09. The summed E-state index contributed by atoms with van der Waals surface area (Å²) in [5.74, 6) is -5.28. The van der Waals surface area contributed by atoms with E-state index >= 15 is 0 Å². The molecule has 11 nitrogen and oxygen atoms in total. The van der Waals surface area contributed by atoms with Gasteiger partial charge in [-0.05, 0) is 12.8 Å². The predicted octanol–water partition coefficient (Wildman–Crippen LogP) is -1.98. The largest absolute Gasteiger partial charge is 0.481 e. The summed E-state index contributed by atoms with van der Waals surface area (Å²) in [6.45, 7) is 4.53. The molecule has 0 saturated heterocycles. The molecule has 0 aromatic carbocycles. The molecule has 0 radical (unpaired) electrons. The van der Waals surface area contributed by atoms with Crippen molar-refractivity contribution in [2.75, 3.05) is 6.54 Å². The van der Waals surface area contributed by atoms with E-state index in [9.17, 15) is 24.0 Å². The van der Waals surface area contributed by atoms with Gasteiger partial charge >= 0.3 is 11.9 Å². The lowest BCUT2D eigenvalue weighted by Gasteiger charge is -2.26. The number of aliphatic carboxylic acids is 2. The van der Waals surface area contributed by atoms with E-state index in [4.69, 9.17) is 15.9 Å². The van der Waals surface area contributed by atoms with Crippen LogP contribution in [-0.2, 0) is 24.0 Å². The van der Waals surface area contributed by atoms with E-state index in [-0.39, 0.29) is 12.5 Å². The van der Waals surface area contributed by atoms with Crippen LogP contribution in [0.4, 0.5) is 0 Å². The predicted molar refractivity (Wildman–Crippen MR) is 89.9 cm³/mol. The smallest absolute Gasteiger partial charge is 0.326 e. The van der Waals surface area contributed by atoms with Crippen molar-refractivity contribution in [1.82, 2.24) is 16.0 Å². The minimum Gasteiger partial charge on any atom is -0.481 e.